The SMILES string of the molecule is CC/C=C\C/C=C\C/C=C\C/C=C\CCCCCCCCC(=O)OCC(COC(=O)CCCCCCCCCCCCCCCCCCCC)OC(=O)CCCCCCC\C=C/C=C\C=C/C=C\C=C/CCC. The second kappa shape index (κ2) is 60.6. The zero-order valence-electron chi connectivity index (χ0n) is 47.6. The van der Waals surface area contributed by atoms with Crippen molar-refractivity contribution in [3.63, 3.8) is 0 Å². The summed E-state index contributed by atoms with van der Waals surface area (Å²) in [6, 6.07) is 0. The summed E-state index contributed by atoms with van der Waals surface area (Å²) in [4.78, 5) is 38.3. The zero-order chi connectivity index (χ0) is 52.9. The molecule has 0 aliphatic heterocycles. The largest absolute Gasteiger partial charge is 0.462 e. The van der Waals surface area contributed by atoms with Gasteiger partial charge in [-0.05, 0) is 77.0 Å². The molecular weight excluding hydrogens is 901 g/mol. The predicted molar refractivity (Wildman–Crippen MR) is 316 cm³/mol. The molecule has 73 heavy (non-hydrogen) atoms. The van der Waals surface area contributed by atoms with Crippen molar-refractivity contribution in [1.82, 2.24) is 0 Å². The van der Waals surface area contributed by atoms with E-state index in [0.29, 0.717) is 19.3 Å². The average molecular weight is 1010 g/mol. The molecule has 0 saturated heterocycles. The fourth-order valence-corrected chi connectivity index (χ4v) is 8.35. The van der Waals surface area contributed by atoms with Gasteiger partial charge in [0.05, 0.1) is 0 Å². The Labute approximate surface area is 450 Å². The fourth-order valence-electron chi connectivity index (χ4n) is 8.35. The summed E-state index contributed by atoms with van der Waals surface area (Å²) in [5, 5.41) is 0. The molecule has 0 bridgehead atoms. The van der Waals surface area contributed by atoms with Gasteiger partial charge in [-0.2, -0.15) is 0 Å². The minimum Gasteiger partial charge on any atom is -0.462 e. The molecule has 1 atom stereocenters. The normalized spacial score (nSPS) is 12.9. The predicted octanol–water partition coefficient (Wildman–Crippen LogP) is 20.7. The number of carbonyl (C=O) groups excluding carboxylic acids is 3. The van der Waals surface area contributed by atoms with Crippen LogP contribution in [0, 0.1) is 0 Å². The lowest BCUT2D eigenvalue weighted by atomic mass is 10.0. The van der Waals surface area contributed by atoms with E-state index in [-0.39, 0.29) is 31.1 Å². The van der Waals surface area contributed by atoms with Gasteiger partial charge in [0.2, 0.25) is 0 Å². The number of allylic oxidation sites excluding steroid dienone is 18. The molecule has 1 unspecified atom stereocenters. The number of hydrogen-bond donors (Lipinski definition) is 0. The van der Waals surface area contributed by atoms with Crippen LogP contribution < -0.4 is 0 Å². The molecule has 0 aromatic heterocycles. The van der Waals surface area contributed by atoms with Crippen LogP contribution in [0.4, 0.5) is 0 Å². The van der Waals surface area contributed by atoms with Gasteiger partial charge in [-0.15, -0.1) is 0 Å². The first kappa shape index (κ1) is 69.1. The molecule has 0 radical (unpaired) electrons. The van der Waals surface area contributed by atoms with Crippen LogP contribution in [0.5, 0.6) is 0 Å². The first-order valence-corrected chi connectivity index (χ1v) is 30.5. The van der Waals surface area contributed by atoms with Crippen LogP contribution in [0.2, 0.25) is 0 Å². The van der Waals surface area contributed by atoms with Crippen LogP contribution >= 0.6 is 0 Å². The Bertz CT molecular complexity index is 1490. The molecule has 416 valence electrons. The topological polar surface area (TPSA) is 78.9 Å². The van der Waals surface area contributed by atoms with Crippen molar-refractivity contribution in [3.05, 3.63) is 109 Å². The molecule has 0 aliphatic carbocycles. The van der Waals surface area contributed by atoms with Gasteiger partial charge in [-0.25, -0.2) is 0 Å². The van der Waals surface area contributed by atoms with Crippen LogP contribution in [0.25, 0.3) is 0 Å². The van der Waals surface area contributed by atoms with E-state index in [4.69, 9.17) is 14.2 Å². The Morgan fingerprint density at radius 2 is 0.616 bits per heavy atom. The highest BCUT2D eigenvalue weighted by Crippen LogP contribution is 2.16. The third-order valence-corrected chi connectivity index (χ3v) is 12.9. The van der Waals surface area contributed by atoms with E-state index in [0.717, 1.165) is 122 Å². The molecular formula is C67H112O6. The Kier molecular flexibility index (Phi) is 57.4. The van der Waals surface area contributed by atoms with Crippen molar-refractivity contribution in [2.75, 3.05) is 13.2 Å². The van der Waals surface area contributed by atoms with Crippen LogP contribution in [-0.4, -0.2) is 37.2 Å². The Hall–Kier alpha value is -3.93. The van der Waals surface area contributed by atoms with E-state index >= 15 is 0 Å². The highest BCUT2D eigenvalue weighted by molar-refractivity contribution is 5.71. The summed E-state index contributed by atoms with van der Waals surface area (Å²) >= 11 is 0. The van der Waals surface area contributed by atoms with Gasteiger partial charge in [-0.3, -0.25) is 14.4 Å². The van der Waals surface area contributed by atoms with Gasteiger partial charge in [0.1, 0.15) is 13.2 Å². The van der Waals surface area contributed by atoms with E-state index in [2.05, 4.69) is 106 Å². The monoisotopic (exact) mass is 1010 g/mol. The van der Waals surface area contributed by atoms with Crippen molar-refractivity contribution < 1.29 is 28.6 Å². The molecule has 0 aliphatic rings. The van der Waals surface area contributed by atoms with Crippen LogP contribution in [0.3, 0.4) is 0 Å². The molecule has 0 aromatic rings. The van der Waals surface area contributed by atoms with Gasteiger partial charge in [0.15, 0.2) is 6.10 Å². The molecule has 0 amide bonds. The Morgan fingerprint density at radius 1 is 0.301 bits per heavy atom. The van der Waals surface area contributed by atoms with Gasteiger partial charge in [0, 0.05) is 19.3 Å². The maximum absolute atomic E-state index is 12.9. The maximum atomic E-state index is 12.9. The first-order chi connectivity index (χ1) is 36.0. The van der Waals surface area contributed by atoms with Crippen molar-refractivity contribution in [2.45, 2.75) is 284 Å². The molecule has 0 N–H and O–H groups in total. The van der Waals surface area contributed by atoms with Crippen molar-refractivity contribution >= 4 is 17.9 Å². The summed E-state index contributed by atoms with van der Waals surface area (Å²) in [5.74, 6) is -0.925. The fraction of sp³-hybridized carbons (Fsp3) is 0.687. The minimum absolute atomic E-state index is 0.0927. The van der Waals surface area contributed by atoms with Gasteiger partial charge < -0.3 is 14.2 Å². The van der Waals surface area contributed by atoms with Crippen molar-refractivity contribution in [2.24, 2.45) is 0 Å². The highest BCUT2D eigenvalue weighted by atomic mass is 16.6. The molecule has 6 nitrogen and oxygen atoms in total. The summed E-state index contributed by atoms with van der Waals surface area (Å²) in [7, 11) is 0. The third kappa shape index (κ3) is 58.8. The van der Waals surface area contributed by atoms with Gasteiger partial charge >= 0.3 is 17.9 Å². The molecule has 0 saturated carbocycles. The average Bonchev–Trinajstić information content (AvgIpc) is 3.39. The Balaban J connectivity index is 4.46. The second-order valence-electron chi connectivity index (χ2n) is 20.0. The number of ether oxygens (including phenoxy) is 3. The zero-order valence-corrected chi connectivity index (χ0v) is 47.6. The van der Waals surface area contributed by atoms with Gasteiger partial charge in [0.25, 0.3) is 0 Å². The highest BCUT2D eigenvalue weighted by Gasteiger charge is 2.19. The number of unbranched alkanes of at least 4 members (excludes halogenated alkanes) is 29. The lowest BCUT2D eigenvalue weighted by Gasteiger charge is -2.18. The van der Waals surface area contributed by atoms with Crippen LogP contribution in [0.1, 0.15) is 278 Å². The standard InChI is InChI=1S/C67H112O6/c1-4-7-10-13-16-19-22-25-28-31-34-37-39-42-45-48-51-54-57-60-66(69)72-63-64(73-67(70)61-58-55-52-49-46-43-40-36-33-30-27-24-21-18-15-12-9-6-3)62-71-65(68)59-56-53-50-47-44-41-38-35-32-29-26-23-20-17-14-11-8-5-2/h7,10,12,15-16,18-19,21,24-25,27-28,30,33-34,36-37,40,64H,4-6,8-9,11,13-14,17,20,22-23,26,29,31-32,35,38-39,41-63H2,1-3H3/b10-7-,15-12-,19-16-,21-18-,27-24-,28-25-,33-30-,37-34-,40-36-. The summed E-state index contributed by atoms with van der Waals surface area (Å²) in [5.41, 5.74) is 0. The smallest absolute Gasteiger partial charge is 0.306 e. The lowest BCUT2D eigenvalue weighted by Crippen LogP contribution is -2.30. The summed E-state index contributed by atoms with van der Waals surface area (Å²) < 4.78 is 16.9. The molecule has 0 aromatic carbocycles. The first-order valence-electron chi connectivity index (χ1n) is 30.5. The third-order valence-electron chi connectivity index (χ3n) is 12.9. The van der Waals surface area contributed by atoms with Gasteiger partial charge in [-0.1, -0.05) is 291 Å². The van der Waals surface area contributed by atoms with E-state index < -0.39 is 6.10 Å². The van der Waals surface area contributed by atoms with Crippen molar-refractivity contribution in [1.29, 1.82) is 0 Å². The molecule has 0 spiro atoms. The Morgan fingerprint density at radius 3 is 1.01 bits per heavy atom. The van der Waals surface area contributed by atoms with E-state index in [1.165, 1.54) is 116 Å². The number of esters is 3. The van der Waals surface area contributed by atoms with E-state index in [9.17, 15) is 14.4 Å². The summed E-state index contributed by atoms with van der Waals surface area (Å²) in [6.45, 7) is 6.43. The second-order valence-corrected chi connectivity index (χ2v) is 20.0. The van der Waals surface area contributed by atoms with Crippen molar-refractivity contribution in [3.8, 4) is 0 Å². The quantitative estimate of drug-likeness (QED) is 0.0199. The molecule has 6 heteroatoms. The number of carbonyl (C=O) groups is 3. The number of hydrogen-bond acceptors (Lipinski definition) is 6. The molecule has 0 heterocycles. The molecule has 0 fully saturated rings. The maximum Gasteiger partial charge on any atom is 0.306 e. The number of rotatable bonds is 54. The summed E-state index contributed by atoms with van der Waals surface area (Å²) in [6.07, 6.45) is 82.2. The van der Waals surface area contributed by atoms with E-state index in [1.54, 1.807) is 0 Å². The van der Waals surface area contributed by atoms with Crippen LogP contribution in [0.15, 0.2) is 109 Å². The van der Waals surface area contributed by atoms with E-state index in [1.807, 2.05) is 24.3 Å². The van der Waals surface area contributed by atoms with Crippen LogP contribution in [-0.2, 0) is 28.6 Å². The lowest BCUT2D eigenvalue weighted by molar-refractivity contribution is -0.167. The minimum atomic E-state index is -0.800. The molecule has 0 rings (SSSR count).